The van der Waals surface area contributed by atoms with E-state index in [1.807, 2.05) is 7.05 Å². The monoisotopic (exact) mass is 394 g/mol. The first-order valence-electron chi connectivity index (χ1n) is 9.73. The van der Waals surface area contributed by atoms with Gasteiger partial charge in [0.05, 0.1) is 11.8 Å². The molecule has 2 aliphatic rings. The van der Waals surface area contributed by atoms with E-state index in [0.717, 1.165) is 32.4 Å². The molecule has 0 radical (unpaired) electrons. The van der Waals surface area contributed by atoms with Crippen molar-refractivity contribution in [3.05, 3.63) is 35.8 Å². The van der Waals surface area contributed by atoms with Gasteiger partial charge in [0.25, 0.3) is 11.8 Å². The van der Waals surface area contributed by atoms with E-state index in [1.165, 1.54) is 10.9 Å². The summed E-state index contributed by atoms with van der Waals surface area (Å²) in [6.07, 6.45) is 6.53. The van der Waals surface area contributed by atoms with Crippen LogP contribution in [0.5, 0.6) is 0 Å². The molecule has 5 rings (SSSR count). The maximum atomic E-state index is 12.9. The summed E-state index contributed by atoms with van der Waals surface area (Å²) in [5.74, 6) is 0.133. The van der Waals surface area contributed by atoms with Crippen LogP contribution >= 0.6 is 0 Å². The molecule has 1 N–H and O–H groups in total. The number of carbonyl (C=O) groups excluding carboxylic acids is 2. The number of hydrogen-bond acceptors (Lipinski definition) is 6. The van der Waals surface area contributed by atoms with Gasteiger partial charge in [-0.3, -0.25) is 14.3 Å². The van der Waals surface area contributed by atoms with Crippen molar-refractivity contribution in [3.8, 4) is 0 Å². The molecule has 0 aromatic carbocycles. The van der Waals surface area contributed by atoms with Crippen LogP contribution in [0.15, 0.2) is 24.5 Å². The third-order valence-corrected chi connectivity index (χ3v) is 5.52. The molecular weight excluding hydrogens is 372 g/mol. The number of rotatable bonds is 5. The van der Waals surface area contributed by atoms with E-state index < -0.39 is 0 Å². The summed E-state index contributed by atoms with van der Waals surface area (Å²) in [5, 5.41) is 11.5. The largest absolute Gasteiger partial charge is 0.340 e. The molecule has 1 saturated heterocycles. The molecule has 4 heterocycles. The van der Waals surface area contributed by atoms with Crippen molar-refractivity contribution in [1.29, 1.82) is 0 Å². The highest BCUT2D eigenvalue weighted by atomic mass is 16.2. The molecule has 2 amide bonds. The normalized spacial score (nSPS) is 16.0. The van der Waals surface area contributed by atoms with E-state index in [0.29, 0.717) is 28.9 Å². The Morgan fingerprint density at radius 2 is 2.07 bits per heavy atom. The molecule has 1 aliphatic heterocycles. The average molecular weight is 394 g/mol. The quantitative estimate of drug-likeness (QED) is 0.697. The Hall–Kier alpha value is -3.43. The van der Waals surface area contributed by atoms with Crippen molar-refractivity contribution in [3.63, 3.8) is 0 Å². The molecule has 3 aromatic rings. The van der Waals surface area contributed by atoms with Crippen LogP contribution < -0.4 is 10.2 Å². The van der Waals surface area contributed by atoms with Crippen LogP contribution in [0.4, 0.5) is 11.6 Å². The van der Waals surface area contributed by atoms with E-state index in [4.69, 9.17) is 0 Å². The Morgan fingerprint density at radius 3 is 2.76 bits per heavy atom. The van der Waals surface area contributed by atoms with Gasteiger partial charge in [-0.25, -0.2) is 4.52 Å². The number of carbonyl (C=O) groups is 2. The average Bonchev–Trinajstić information content (AvgIpc) is 3.30. The van der Waals surface area contributed by atoms with Crippen LogP contribution in [-0.2, 0) is 7.05 Å². The zero-order valence-electron chi connectivity index (χ0n) is 16.4. The van der Waals surface area contributed by atoms with Crippen molar-refractivity contribution in [2.75, 3.05) is 30.4 Å². The van der Waals surface area contributed by atoms with E-state index >= 15 is 0 Å². The predicted octanol–water partition coefficient (Wildman–Crippen LogP) is 1.16. The third kappa shape index (κ3) is 3.10. The Kier molecular flexibility index (Phi) is 4.00. The van der Waals surface area contributed by atoms with Gasteiger partial charge < -0.3 is 15.1 Å². The van der Waals surface area contributed by atoms with Gasteiger partial charge in [0.1, 0.15) is 5.69 Å². The number of hydrogen-bond donors (Lipinski definition) is 1. The number of aryl methyl sites for hydroxylation is 1. The van der Waals surface area contributed by atoms with Gasteiger partial charge in [-0.1, -0.05) is 0 Å². The van der Waals surface area contributed by atoms with Gasteiger partial charge in [-0.2, -0.15) is 10.1 Å². The molecule has 10 heteroatoms. The van der Waals surface area contributed by atoms with Gasteiger partial charge in [-0.15, -0.1) is 5.10 Å². The fourth-order valence-corrected chi connectivity index (χ4v) is 3.47. The molecule has 1 saturated carbocycles. The van der Waals surface area contributed by atoms with Crippen molar-refractivity contribution in [2.45, 2.75) is 25.3 Å². The topological polar surface area (TPSA) is 101 Å². The number of anilines is 2. The molecule has 150 valence electrons. The SMILES string of the molecule is CN(c1nc2cc(NC(=O)c3c(C(=O)N4CCC4)cnn3C)ccn2n1)C1CC1. The van der Waals surface area contributed by atoms with Crippen molar-refractivity contribution in [1.82, 2.24) is 29.3 Å². The van der Waals surface area contributed by atoms with Gasteiger partial charge in [0.15, 0.2) is 5.65 Å². The summed E-state index contributed by atoms with van der Waals surface area (Å²) >= 11 is 0. The molecule has 2 fully saturated rings. The minimum Gasteiger partial charge on any atom is -0.340 e. The van der Waals surface area contributed by atoms with Crippen molar-refractivity contribution < 1.29 is 9.59 Å². The molecule has 10 nitrogen and oxygen atoms in total. The Balaban J connectivity index is 1.38. The number of likely N-dealkylation sites (tertiary alicyclic amines) is 1. The summed E-state index contributed by atoms with van der Waals surface area (Å²) in [6, 6.07) is 4.04. The fourth-order valence-electron chi connectivity index (χ4n) is 3.47. The standard InChI is InChI=1S/C19H22N8O2/c1-24(13-4-5-13)19-22-15-10-12(6-9-27(15)23-19)21-17(28)16-14(11-20-25(16)2)18(29)26-7-3-8-26/h6,9-11,13H,3-5,7-8H2,1-2H3,(H,21,28). The number of aromatic nitrogens is 5. The highest BCUT2D eigenvalue weighted by Crippen LogP contribution is 2.28. The summed E-state index contributed by atoms with van der Waals surface area (Å²) in [6.45, 7) is 1.44. The smallest absolute Gasteiger partial charge is 0.274 e. The van der Waals surface area contributed by atoms with Gasteiger partial charge in [0.2, 0.25) is 5.95 Å². The van der Waals surface area contributed by atoms with Crippen LogP contribution in [-0.4, -0.2) is 67.3 Å². The molecule has 0 unspecified atom stereocenters. The lowest BCUT2D eigenvalue weighted by Gasteiger charge is -2.30. The first-order chi connectivity index (χ1) is 14.0. The zero-order valence-corrected chi connectivity index (χ0v) is 16.4. The first kappa shape index (κ1) is 17.7. The van der Waals surface area contributed by atoms with Crippen LogP contribution in [0.3, 0.4) is 0 Å². The lowest BCUT2D eigenvalue weighted by Crippen LogP contribution is -2.42. The molecule has 3 aromatic heterocycles. The lowest BCUT2D eigenvalue weighted by molar-refractivity contribution is 0.0648. The molecule has 0 bridgehead atoms. The van der Waals surface area contributed by atoms with Gasteiger partial charge >= 0.3 is 0 Å². The number of pyridine rings is 1. The molecule has 29 heavy (non-hydrogen) atoms. The molecule has 0 atom stereocenters. The number of amides is 2. The van der Waals surface area contributed by atoms with Crippen LogP contribution in [0.1, 0.15) is 40.1 Å². The van der Waals surface area contributed by atoms with Crippen molar-refractivity contribution in [2.24, 2.45) is 7.05 Å². The summed E-state index contributed by atoms with van der Waals surface area (Å²) in [7, 11) is 3.65. The number of nitrogens with zero attached hydrogens (tertiary/aromatic N) is 7. The highest BCUT2D eigenvalue weighted by molar-refractivity contribution is 6.11. The zero-order chi connectivity index (χ0) is 20.1. The maximum absolute atomic E-state index is 12.9. The van der Waals surface area contributed by atoms with E-state index in [-0.39, 0.29) is 17.5 Å². The third-order valence-electron chi connectivity index (χ3n) is 5.52. The Labute approximate surface area is 167 Å². The van der Waals surface area contributed by atoms with E-state index in [9.17, 15) is 9.59 Å². The molecular formula is C19H22N8O2. The van der Waals surface area contributed by atoms with Gasteiger partial charge in [-0.05, 0) is 25.3 Å². The highest BCUT2D eigenvalue weighted by Gasteiger charge is 2.30. The van der Waals surface area contributed by atoms with Gasteiger partial charge in [0, 0.05) is 51.2 Å². The lowest BCUT2D eigenvalue weighted by atomic mass is 10.1. The minimum atomic E-state index is -0.381. The van der Waals surface area contributed by atoms with Crippen molar-refractivity contribution >= 4 is 29.1 Å². The Bertz CT molecular complexity index is 1110. The summed E-state index contributed by atoms with van der Waals surface area (Å²) in [5.41, 5.74) is 1.80. The predicted molar refractivity (Wildman–Crippen MR) is 106 cm³/mol. The summed E-state index contributed by atoms with van der Waals surface area (Å²) < 4.78 is 3.12. The second-order valence-corrected chi connectivity index (χ2v) is 7.60. The molecule has 0 spiro atoms. The number of fused-ring (bicyclic) bond motifs is 1. The molecule has 1 aliphatic carbocycles. The minimum absolute atomic E-state index is 0.157. The first-order valence-corrected chi connectivity index (χ1v) is 9.73. The number of nitrogens with one attached hydrogen (secondary N) is 1. The van der Waals surface area contributed by atoms with E-state index in [1.54, 1.807) is 34.8 Å². The van der Waals surface area contributed by atoms with Crippen LogP contribution in [0.25, 0.3) is 5.65 Å². The van der Waals surface area contributed by atoms with Crippen LogP contribution in [0, 0.1) is 0 Å². The second kappa shape index (κ2) is 6.57. The van der Waals surface area contributed by atoms with Crippen LogP contribution in [0.2, 0.25) is 0 Å². The second-order valence-electron chi connectivity index (χ2n) is 7.60. The fraction of sp³-hybridized carbons (Fsp3) is 0.421. The Morgan fingerprint density at radius 1 is 1.28 bits per heavy atom. The maximum Gasteiger partial charge on any atom is 0.274 e. The van der Waals surface area contributed by atoms with E-state index in [2.05, 4.69) is 25.4 Å². The summed E-state index contributed by atoms with van der Waals surface area (Å²) in [4.78, 5) is 33.8.